The summed E-state index contributed by atoms with van der Waals surface area (Å²) in [6.07, 6.45) is 1.61. The third-order valence-electron chi connectivity index (χ3n) is 3.57. The molecule has 0 radical (unpaired) electrons. The molecule has 5 nitrogen and oxygen atoms in total. The number of amides is 1. The summed E-state index contributed by atoms with van der Waals surface area (Å²) in [6.45, 7) is 2.96. The number of carbonyl (C=O) groups excluding carboxylic acids is 1. The number of thioether (sulfide) groups is 1. The van der Waals surface area contributed by atoms with Crippen LogP contribution in [0.4, 0.5) is 0 Å². The Labute approximate surface area is 162 Å². The van der Waals surface area contributed by atoms with Gasteiger partial charge in [-0.3, -0.25) is 4.79 Å². The van der Waals surface area contributed by atoms with Crippen LogP contribution in [0.5, 0.6) is 11.5 Å². The Hall–Kier alpha value is -2.38. The number of carbonyl (C=O) groups is 1. The molecule has 2 aromatic carbocycles. The average Bonchev–Trinajstić information content (AvgIpc) is 2.97. The Bertz CT molecular complexity index is 789. The molecule has 0 saturated carbocycles. The van der Waals surface area contributed by atoms with Crippen molar-refractivity contribution in [2.75, 3.05) is 19.0 Å². The smallest absolute Gasteiger partial charge is 0.259 e. The van der Waals surface area contributed by atoms with Crippen LogP contribution in [0.2, 0.25) is 0 Å². The highest BCUT2D eigenvalue weighted by atomic mass is 32.2. The van der Waals surface area contributed by atoms with E-state index in [4.69, 9.17) is 21.7 Å². The minimum Gasteiger partial charge on any atom is -0.490 e. The second-order valence-corrected chi connectivity index (χ2v) is 7.19. The Morgan fingerprint density at radius 3 is 2.19 bits per heavy atom. The molecule has 26 heavy (non-hydrogen) atoms. The maximum atomic E-state index is 11.6. The minimum absolute atomic E-state index is 0.0928. The van der Waals surface area contributed by atoms with Gasteiger partial charge in [0.15, 0.2) is 4.32 Å². The second-order valence-electron chi connectivity index (χ2n) is 5.58. The highest BCUT2D eigenvalue weighted by molar-refractivity contribution is 8.23. The van der Waals surface area contributed by atoms with Crippen LogP contribution in [0.3, 0.4) is 0 Å². The first kappa shape index (κ1) is 18.4. The Morgan fingerprint density at radius 2 is 1.65 bits per heavy atom. The van der Waals surface area contributed by atoms with Gasteiger partial charge in [0, 0.05) is 0 Å². The zero-order valence-electron chi connectivity index (χ0n) is 14.3. The number of hydrazone groups is 1. The first-order chi connectivity index (χ1) is 12.6. The number of ether oxygens (including phenoxy) is 2. The molecule has 2 aromatic rings. The number of hydrogen-bond acceptors (Lipinski definition) is 6. The molecular weight excluding hydrogens is 368 g/mol. The van der Waals surface area contributed by atoms with Crippen LogP contribution in [-0.2, 0) is 4.79 Å². The van der Waals surface area contributed by atoms with E-state index in [9.17, 15) is 4.79 Å². The van der Waals surface area contributed by atoms with Crippen molar-refractivity contribution in [3.63, 3.8) is 0 Å². The van der Waals surface area contributed by atoms with Crippen molar-refractivity contribution in [3.05, 3.63) is 59.7 Å². The molecule has 1 heterocycles. The van der Waals surface area contributed by atoms with Crippen molar-refractivity contribution in [1.29, 1.82) is 0 Å². The summed E-state index contributed by atoms with van der Waals surface area (Å²) in [5, 5.41) is 5.39. The van der Waals surface area contributed by atoms with Crippen molar-refractivity contribution in [2.45, 2.75) is 6.92 Å². The Balaban J connectivity index is 1.44. The van der Waals surface area contributed by atoms with E-state index in [2.05, 4.69) is 5.10 Å². The van der Waals surface area contributed by atoms with Crippen LogP contribution in [0.15, 0.2) is 53.6 Å². The third kappa shape index (κ3) is 5.06. The van der Waals surface area contributed by atoms with E-state index in [1.54, 1.807) is 6.21 Å². The van der Waals surface area contributed by atoms with Gasteiger partial charge in [-0.15, -0.1) is 0 Å². The summed E-state index contributed by atoms with van der Waals surface area (Å²) in [5.41, 5.74) is 2.06. The molecule has 0 unspecified atom stereocenters. The molecule has 7 heteroatoms. The average molecular weight is 386 g/mol. The number of nitrogens with zero attached hydrogens (tertiary/aromatic N) is 2. The first-order valence-electron chi connectivity index (χ1n) is 8.08. The highest BCUT2D eigenvalue weighted by Gasteiger charge is 2.25. The molecular formula is C19H18N2O3S2. The van der Waals surface area contributed by atoms with Gasteiger partial charge in [-0.25, -0.2) is 0 Å². The second kappa shape index (κ2) is 8.82. The Kier molecular flexibility index (Phi) is 6.25. The summed E-state index contributed by atoms with van der Waals surface area (Å²) < 4.78 is 11.8. The molecule has 3 rings (SSSR count). The zero-order chi connectivity index (χ0) is 18.4. The topological polar surface area (TPSA) is 51.1 Å². The molecule has 0 atom stereocenters. The van der Waals surface area contributed by atoms with Crippen LogP contribution in [0.1, 0.15) is 11.1 Å². The molecule has 1 fully saturated rings. The van der Waals surface area contributed by atoms with E-state index in [0.717, 1.165) is 17.1 Å². The first-order valence-corrected chi connectivity index (χ1v) is 9.47. The highest BCUT2D eigenvalue weighted by Crippen LogP contribution is 2.19. The number of thiocarbonyl (C=S) groups is 1. The molecule has 1 saturated heterocycles. The van der Waals surface area contributed by atoms with Crippen LogP contribution in [-0.4, -0.2) is 40.4 Å². The van der Waals surface area contributed by atoms with E-state index in [1.165, 1.54) is 22.3 Å². The molecule has 1 aliphatic heterocycles. The lowest BCUT2D eigenvalue weighted by Crippen LogP contribution is -2.22. The van der Waals surface area contributed by atoms with E-state index < -0.39 is 0 Å². The van der Waals surface area contributed by atoms with Gasteiger partial charge in [0.05, 0.1) is 12.0 Å². The maximum absolute atomic E-state index is 11.6. The SMILES string of the molecule is Cc1ccc(OCCOc2ccc(/C=N/N3C(=O)CSC3=S)cc2)cc1. The van der Waals surface area contributed by atoms with Gasteiger partial charge < -0.3 is 9.47 Å². The zero-order valence-corrected chi connectivity index (χ0v) is 15.9. The summed E-state index contributed by atoms with van der Waals surface area (Å²) in [4.78, 5) is 11.6. The fourth-order valence-corrected chi connectivity index (χ4v) is 3.15. The van der Waals surface area contributed by atoms with Gasteiger partial charge in [-0.05, 0) is 48.9 Å². The van der Waals surface area contributed by atoms with Gasteiger partial charge in [-0.2, -0.15) is 10.1 Å². The van der Waals surface area contributed by atoms with Crippen LogP contribution in [0.25, 0.3) is 0 Å². The standard InChI is InChI=1S/C19H18N2O3S2/c1-14-2-6-16(7-3-14)23-10-11-24-17-8-4-15(5-9-17)12-20-21-18(22)13-26-19(21)25/h2-9,12H,10-11,13H2,1H3/b20-12+. The van der Waals surface area contributed by atoms with Crippen molar-refractivity contribution in [3.8, 4) is 11.5 Å². The molecule has 0 spiro atoms. The maximum Gasteiger partial charge on any atom is 0.259 e. The number of rotatable bonds is 7. The number of benzene rings is 2. The summed E-state index contributed by atoms with van der Waals surface area (Å²) >= 11 is 6.40. The lowest BCUT2D eigenvalue weighted by atomic mass is 10.2. The predicted molar refractivity (Wildman–Crippen MR) is 108 cm³/mol. The fourth-order valence-electron chi connectivity index (χ4n) is 2.19. The molecule has 0 aliphatic carbocycles. The van der Waals surface area contributed by atoms with Crippen molar-refractivity contribution in [2.24, 2.45) is 5.10 Å². The molecule has 0 N–H and O–H groups in total. The Morgan fingerprint density at radius 1 is 1.08 bits per heavy atom. The molecule has 0 bridgehead atoms. The van der Waals surface area contributed by atoms with Crippen LogP contribution in [0, 0.1) is 6.92 Å². The van der Waals surface area contributed by atoms with Crippen molar-refractivity contribution >= 4 is 40.4 Å². The summed E-state index contributed by atoms with van der Waals surface area (Å²) in [5.74, 6) is 1.84. The number of hydrogen-bond donors (Lipinski definition) is 0. The molecule has 1 amide bonds. The van der Waals surface area contributed by atoms with E-state index >= 15 is 0 Å². The van der Waals surface area contributed by atoms with Gasteiger partial charge >= 0.3 is 0 Å². The van der Waals surface area contributed by atoms with Crippen LogP contribution < -0.4 is 9.47 Å². The lowest BCUT2D eigenvalue weighted by Gasteiger charge is -2.09. The molecule has 134 valence electrons. The summed E-state index contributed by atoms with van der Waals surface area (Å²) in [6, 6.07) is 15.4. The largest absolute Gasteiger partial charge is 0.490 e. The molecule has 1 aliphatic rings. The number of aryl methyl sites for hydroxylation is 1. The van der Waals surface area contributed by atoms with Crippen molar-refractivity contribution < 1.29 is 14.3 Å². The van der Waals surface area contributed by atoms with Gasteiger partial charge in [0.2, 0.25) is 0 Å². The van der Waals surface area contributed by atoms with Crippen molar-refractivity contribution in [1.82, 2.24) is 5.01 Å². The summed E-state index contributed by atoms with van der Waals surface area (Å²) in [7, 11) is 0. The van der Waals surface area contributed by atoms with Gasteiger partial charge in [0.25, 0.3) is 5.91 Å². The third-order valence-corrected chi connectivity index (χ3v) is 4.91. The van der Waals surface area contributed by atoms with E-state index in [0.29, 0.717) is 23.3 Å². The van der Waals surface area contributed by atoms with Gasteiger partial charge in [0.1, 0.15) is 24.7 Å². The lowest BCUT2D eigenvalue weighted by molar-refractivity contribution is -0.123. The monoisotopic (exact) mass is 386 g/mol. The predicted octanol–water partition coefficient (Wildman–Crippen LogP) is 3.65. The normalized spacial score (nSPS) is 14.3. The van der Waals surface area contributed by atoms with E-state index in [1.807, 2.05) is 55.5 Å². The molecule has 0 aromatic heterocycles. The van der Waals surface area contributed by atoms with Gasteiger partial charge in [-0.1, -0.05) is 41.7 Å². The minimum atomic E-state index is -0.0928. The fraction of sp³-hybridized carbons (Fsp3) is 0.211. The van der Waals surface area contributed by atoms with Crippen LogP contribution >= 0.6 is 24.0 Å². The quantitative estimate of drug-likeness (QED) is 0.413. The van der Waals surface area contributed by atoms with E-state index in [-0.39, 0.29) is 5.91 Å².